The Balaban J connectivity index is 2.05. The minimum atomic E-state index is -0.521. The van der Waals surface area contributed by atoms with Crippen LogP contribution in [0.5, 0.6) is 0 Å². The van der Waals surface area contributed by atoms with Crippen LogP contribution in [-0.4, -0.2) is 23.3 Å². The van der Waals surface area contributed by atoms with E-state index in [-0.39, 0.29) is 12.1 Å². The van der Waals surface area contributed by atoms with Crippen LogP contribution in [0.2, 0.25) is 0 Å². The fraction of sp³-hybridized carbons (Fsp3) is 0.400. The van der Waals surface area contributed by atoms with Crippen LogP contribution in [0.4, 0.5) is 0 Å². The van der Waals surface area contributed by atoms with Crippen molar-refractivity contribution in [1.82, 2.24) is 0 Å². The van der Waals surface area contributed by atoms with Crippen LogP contribution in [0, 0.1) is 0 Å². The van der Waals surface area contributed by atoms with Gasteiger partial charge in [-0.2, -0.15) is 0 Å². The zero-order valence-electron chi connectivity index (χ0n) is 10.6. The van der Waals surface area contributed by atoms with Crippen LogP contribution < -0.4 is 0 Å². The summed E-state index contributed by atoms with van der Waals surface area (Å²) in [6, 6.07) is 0. The molecule has 3 nitrogen and oxygen atoms in total. The van der Waals surface area contributed by atoms with Crippen molar-refractivity contribution in [2.75, 3.05) is 0 Å². The Hall–Kier alpha value is -1.61. The number of aliphatic hydroxyl groups excluding tert-OH is 1. The average Bonchev–Trinajstić information content (AvgIpc) is 2.51. The van der Waals surface area contributed by atoms with Crippen molar-refractivity contribution in [2.45, 2.75) is 38.4 Å². The van der Waals surface area contributed by atoms with Crippen molar-refractivity contribution >= 4 is 5.97 Å². The summed E-state index contributed by atoms with van der Waals surface area (Å²) in [5.74, 6) is -0.322. The number of aliphatic hydroxyl groups is 1. The van der Waals surface area contributed by atoms with E-state index in [0.717, 1.165) is 18.4 Å². The topological polar surface area (TPSA) is 46.5 Å². The molecule has 0 aromatic rings. The molecule has 18 heavy (non-hydrogen) atoms. The van der Waals surface area contributed by atoms with Gasteiger partial charge in [0.1, 0.15) is 6.10 Å². The molecule has 0 radical (unpaired) electrons. The highest BCUT2D eigenvalue weighted by molar-refractivity contribution is 5.87. The monoisotopic (exact) mass is 246 g/mol. The quantitative estimate of drug-likeness (QED) is 0.601. The maximum Gasteiger partial charge on any atom is 0.333 e. The molecule has 2 aliphatic carbocycles. The summed E-state index contributed by atoms with van der Waals surface area (Å²) >= 11 is 0. The van der Waals surface area contributed by atoms with Crippen molar-refractivity contribution < 1.29 is 14.6 Å². The second-order valence-electron chi connectivity index (χ2n) is 4.81. The summed E-state index contributed by atoms with van der Waals surface area (Å²) in [5.41, 5.74) is 2.81. The number of hydrogen-bond donors (Lipinski definition) is 1. The van der Waals surface area contributed by atoms with Gasteiger partial charge in [-0.25, -0.2) is 4.79 Å². The first-order chi connectivity index (χ1) is 8.56. The normalized spacial score (nSPS) is 26.6. The number of carbonyl (C=O) groups is 1. The molecule has 0 fully saturated rings. The van der Waals surface area contributed by atoms with Crippen LogP contribution in [0.1, 0.15) is 26.2 Å². The highest BCUT2D eigenvalue weighted by Gasteiger charge is 2.23. The van der Waals surface area contributed by atoms with Crippen molar-refractivity contribution in [1.29, 1.82) is 0 Å². The Morgan fingerprint density at radius 3 is 2.72 bits per heavy atom. The van der Waals surface area contributed by atoms with Crippen LogP contribution >= 0.6 is 0 Å². The zero-order chi connectivity index (χ0) is 13.1. The summed E-state index contributed by atoms with van der Waals surface area (Å²) in [4.78, 5) is 11.5. The van der Waals surface area contributed by atoms with E-state index >= 15 is 0 Å². The standard InChI is InChI=1S/C15H18O3/c1-10(2)15(17)18-14-8-5-11-3-6-13(16)7-4-12(11)9-14/h3-4,6-7,13-14,16H,1,5,8-9H2,2H3. The lowest BCUT2D eigenvalue weighted by Crippen LogP contribution is -2.22. The molecule has 2 atom stereocenters. The third-order valence-corrected chi connectivity index (χ3v) is 3.21. The molecule has 0 saturated heterocycles. The van der Waals surface area contributed by atoms with Gasteiger partial charge in [-0.1, -0.05) is 30.9 Å². The molecular weight excluding hydrogens is 228 g/mol. The largest absolute Gasteiger partial charge is 0.459 e. The van der Waals surface area contributed by atoms with Gasteiger partial charge in [0.05, 0.1) is 6.10 Å². The van der Waals surface area contributed by atoms with Gasteiger partial charge < -0.3 is 9.84 Å². The molecule has 2 rings (SSSR count). The second-order valence-corrected chi connectivity index (χ2v) is 4.81. The predicted molar refractivity (Wildman–Crippen MR) is 69.9 cm³/mol. The number of carbonyl (C=O) groups excluding carboxylic acids is 1. The molecule has 0 aliphatic heterocycles. The molecule has 0 saturated carbocycles. The Morgan fingerprint density at radius 1 is 1.39 bits per heavy atom. The van der Waals surface area contributed by atoms with Gasteiger partial charge in [0.25, 0.3) is 0 Å². The van der Waals surface area contributed by atoms with E-state index in [1.807, 2.05) is 12.2 Å². The first-order valence-corrected chi connectivity index (χ1v) is 6.19. The van der Waals surface area contributed by atoms with Crippen molar-refractivity contribution in [3.63, 3.8) is 0 Å². The van der Waals surface area contributed by atoms with E-state index in [2.05, 4.69) is 6.58 Å². The Bertz CT molecular complexity index is 454. The Kier molecular flexibility index (Phi) is 3.82. The molecule has 0 bridgehead atoms. The van der Waals surface area contributed by atoms with E-state index in [0.29, 0.717) is 12.0 Å². The van der Waals surface area contributed by atoms with E-state index in [9.17, 15) is 9.90 Å². The van der Waals surface area contributed by atoms with Gasteiger partial charge in [-0.05, 0) is 30.9 Å². The van der Waals surface area contributed by atoms with E-state index in [1.54, 1.807) is 19.1 Å². The summed E-state index contributed by atoms with van der Waals surface area (Å²) in [5, 5.41) is 9.52. The molecule has 2 aliphatic rings. The van der Waals surface area contributed by atoms with Crippen LogP contribution in [0.3, 0.4) is 0 Å². The number of rotatable bonds is 2. The van der Waals surface area contributed by atoms with Crippen LogP contribution in [-0.2, 0) is 9.53 Å². The maximum atomic E-state index is 11.5. The van der Waals surface area contributed by atoms with Gasteiger partial charge in [-0.15, -0.1) is 0 Å². The molecule has 0 amide bonds. The molecule has 0 aromatic heterocycles. The van der Waals surface area contributed by atoms with Crippen LogP contribution in [0.25, 0.3) is 0 Å². The van der Waals surface area contributed by atoms with E-state index in [1.165, 1.54) is 5.57 Å². The minimum Gasteiger partial charge on any atom is -0.459 e. The lowest BCUT2D eigenvalue weighted by molar-refractivity contribution is -0.144. The van der Waals surface area contributed by atoms with Gasteiger partial charge >= 0.3 is 5.97 Å². The van der Waals surface area contributed by atoms with Crippen molar-refractivity contribution in [3.05, 3.63) is 47.6 Å². The van der Waals surface area contributed by atoms with Crippen molar-refractivity contribution in [3.8, 4) is 0 Å². The second kappa shape index (κ2) is 5.36. The fourth-order valence-electron chi connectivity index (χ4n) is 2.17. The van der Waals surface area contributed by atoms with Gasteiger partial charge in [0.15, 0.2) is 0 Å². The summed E-state index contributed by atoms with van der Waals surface area (Å²) in [6.07, 6.45) is 9.23. The smallest absolute Gasteiger partial charge is 0.333 e. The first-order valence-electron chi connectivity index (χ1n) is 6.19. The zero-order valence-corrected chi connectivity index (χ0v) is 10.6. The Labute approximate surface area is 107 Å². The third-order valence-electron chi connectivity index (χ3n) is 3.21. The predicted octanol–water partition coefficient (Wildman–Crippen LogP) is 2.44. The molecule has 1 N–H and O–H groups in total. The molecule has 96 valence electrons. The lowest BCUT2D eigenvalue weighted by Gasteiger charge is -2.24. The third kappa shape index (κ3) is 2.99. The van der Waals surface area contributed by atoms with Crippen LogP contribution in [0.15, 0.2) is 47.6 Å². The number of ether oxygens (including phenoxy) is 1. The molecule has 0 heterocycles. The number of allylic oxidation sites excluding steroid dienone is 3. The maximum absolute atomic E-state index is 11.5. The van der Waals surface area contributed by atoms with Gasteiger partial charge in [0.2, 0.25) is 0 Å². The van der Waals surface area contributed by atoms with Gasteiger partial charge in [-0.3, -0.25) is 0 Å². The summed E-state index contributed by atoms with van der Waals surface area (Å²) in [6.45, 7) is 5.24. The summed E-state index contributed by atoms with van der Waals surface area (Å²) < 4.78 is 5.38. The molecule has 2 unspecified atom stereocenters. The average molecular weight is 246 g/mol. The first kappa shape index (κ1) is 12.8. The SMILES string of the molecule is C=C(C)C(=O)OC1CCC2=C(C=CC(O)C=C2)C1. The lowest BCUT2D eigenvalue weighted by atomic mass is 9.89. The highest BCUT2D eigenvalue weighted by Crippen LogP contribution is 2.30. The minimum absolute atomic E-state index is 0.0822. The van der Waals surface area contributed by atoms with Gasteiger partial charge in [0, 0.05) is 12.0 Å². The van der Waals surface area contributed by atoms with E-state index in [4.69, 9.17) is 4.74 Å². The summed E-state index contributed by atoms with van der Waals surface area (Å²) in [7, 11) is 0. The van der Waals surface area contributed by atoms with Crippen molar-refractivity contribution in [2.24, 2.45) is 0 Å². The molecular formula is C15H18O3. The number of hydrogen-bond acceptors (Lipinski definition) is 3. The van der Waals surface area contributed by atoms with E-state index < -0.39 is 6.10 Å². The fourth-order valence-corrected chi connectivity index (χ4v) is 2.17. The molecule has 0 aromatic carbocycles. The Morgan fingerprint density at radius 2 is 2.06 bits per heavy atom. The highest BCUT2D eigenvalue weighted by atomic mass is 16.5. The molecule has 3 heteroatoms. The molecule has 0 spiro atoms. The number of esters is 1.